The molecule has 0 aliphatic carbocycles. The zero-order valence-corrected chi connectivity index (χ0v) is 16.9. The second-order valence-electron chi connectivity index (χ2n) is 7.03. The number of aromatic amines is 1. The summed E-state index contributed by atoms with van der Waals surface area (Å²) in [6.45, 7) is 0. The quantitative estimate of drug-likeness (QED) is 0.344. The molecule has 2 N–H and O–H groups in total. The highest BCUT2D eigenvalue weighted by molar-refractivity contribution is 8.00. The number of amides is 1. The molecular formula is C25H19N3OS. The van der Waals surface area contributed by atoms with E-state index in [1.807, 2.05) is 60.7 Å². The summed E-state index contributed by atoms with van der Waals surface area (Å²) in [6, 6.07) is 30.2. The fourth-order valence-electron chi connectivity index (χ4n) is 3.40. The van der Waals surface area contributed by atoms with E-state index in [0.29, 0.717) is 5.75 Å². The lowest BCUT2D eigenvalue weighted by atomic mass is 10.1. The number of aromatic nitrogens is 2. The summed E-state index contributed by atoms with van der Waals surface area (Å²) in [7, 11) is 0. The van der Waals surface area contributed by atoms with E-state index in [-0.39, 0.29) is 5.91 Å². The number of anilines is 1. The molecule has 1 aromatic heterocycles. The van der Waals surface area contributed by atoms with Gasteiger partial charge in [0.15, 0.2) is 0 Å². The lowest BCUT2D eigenvalue weighted by Gasteiger charge is -2.07. The summed E-state index contributed by atoms with van der Waals surface area (Å²) < 4.78 is 0. The highest BCUT2D eigenvalue weighted by atomic mass is 32.2. The van der Waals surface area contributed by atoms with Gasteiger partial charge < -0.3 is 10.3 Å². The summed E-state index contributed by atoms with van der Waals surface area (Å²) in [4.78, 5) is 21.4. The summed E-state index contributed by atoms with van der Waals surface area (Å²) in [5.74, 6) is 1.16. The molecule has 0 spiro atoms. The molecule has 0 fully saturated rings. The molecule has 4 aromatic carbocycles. The number of fused-ring (bicyclic) bond motifs is 2. The molecule has 5 rings (SSSR count). The van der Waals surface area contributed by atoms with Crippen molar-refractivity contribution in [2.24, 2.45) is 0 Å². The number of hydrogen-bond donors (Lipinski definition) is 2. The van der Waals surface area contributed by atoms with Gasteiger partial charge in [0.1, 0.15) is 5.82 Å². The number of thioether (sulfide) groups is 1. The van der Waals surface area contributed by atoms with E-state index in [9.17, 15) is 4.79 Å². The Balaban J connectivity index is 1.22. The first-order valence-corrected chi connectivity index (χ1v) is 10.7. The van der Waals surface area contributed by atoms with Crippen molar-refractivity contribution >= 4 is 45.2 Å². The molecule has 1 amide bonds. The van der Waals surface area contributed by atoms with Crippen molar-refractivity contribution in [3.05, 3.63) is 91.0 Å². The number of carbonyl (C=O) groups excluding carboxylic acids is 1. The molecule has 0 aliphatic heterocycles. The molecule has 0 saturated carbocycles. The Morgan fingerprint density at radius 2 is 1.63 bits per heavy atom. The molecule has 1 heterocycles. The Kier molecular flexibility index (Phi) is 4.95. The van der Waals surface area contributed by atoms with E-state index in [1.54, 1.807) is 0 Å². The fraction of sp³-hybridized carbons (Fsp3) is 0.0400. The third kappa shape index (κ3) is 3.93. The minimum Gasteiger partial charge on any atom is -0.338 e. The number of nitrogens with one attached hydrogen (secondary N) is 2. The van der Waals surface area contributed by atoms with Crippen molar-refractivity contribution in [2.75, 3.05) is 11.1 Å². The topological polar surface area (TPSA) is 57.8 Å². The first-order chi connectivity index (χ1) is 14.7. The molecule has 0 saturated heterocycles. The maximum Gasteiger partial charge on any atom is 0.234 e. The van der Waals surface area contributed by atoms with Gasteiger partial charge in [-0.1, -0.05) is 42.5 Å². The summed E-state index contributed by atoms with van der Waals surface area (Å²) in [5.41, 5.74) is 3.71. The van der Waals surface area contributed by atoms with E-state index < -0.39 is 0 Å². The van der Waals surface area contributed by atoms with E-state index in [2.05, 4.69) is 45.6 Å². The number of para-hydroxylation sites is 2. The van der Waals surface area contributed by atoms with Crippen LogP contribution < -0.4 is 5.32 Å². The van der Waals surface area contributed by atoms with Gasteiger partial charge in [0.2, 0.25) is 5.91 Å². The molecule has 5 heteroatoms. The van der Waals surface area contributed by atoms with Crippen molar-refractivity contribution in [3.63, 3.8) is 0 Å². The van der Waals surface area contributed by atoms with Crippen LogP contribution in [0.1, 0.15) is 0 Å². The van der Waals surface area contributed by atoms with Crippen LogP contribution >= 0.6 is 11.8 Å². The summed E-state index contributed by atoms with van der Waals surface area (Å²) in [5, 5.41) is 5.35. The first-order valence-electron chi connectivity index (χ1n) is 9.71. The van der Waals surface area contributed by atoms with E-state index in [4.69, 9.17) is 0 Å². The van der Waals surface area contributed by atoms with Gasteiger partial charge in [-0.2, -0.15) is 0 Å². The van der Waals surface area contributed by atoms with Crippen molar-refractivity contribution in [1.29, 1.82) is 0 Å². The number of rotatable bonds is 5. The largest absolute Gasteiger partial charge is 0.338 e. The molecule has 146 valence electrons. The second-order valence-corrected chi connectivity index (χ2v) is 8.07. The average Bonchev–Trinajstić information content (AvgIpc) is 3.22. The van der Waals surface area contributed by atoms with Gasteiger partial charge in [0.25, 0.3) is 0 Å². The number of nitrogens with zero attached hydrogens (tertiary/aromatic N) is 1. The molecule has 0 aliphatic rings. The SMILES string of the molecule is O=C(CSc1ccc2ccccc2c1)Nc1ccc(-c2nc3ccccc3[nH]2)cc1. The molecule has 0 unspecified atom stereocenters. The zero-order chi connectivity index (χ0) is 20.3. The Hall–Kier alpha value is -3.57. The van der Waals surface area contributed by atoms with Crippen LogP contribution in [-0.4, -0.2) is 21.6 Å². The maximum absolute atomic E-state index is 12.4. The molecule has 4 nitrogen and oxygen atoms in total. The number of imidazole rings is 1. The lowest BCUT2D eigenvalue weighted by Crippen LogP contribution is -2.13. The molecule has 0 atom stereocenters. The standard InChI is InChI=1S/C25H19N3OS/c29-24(16-30-21-14-11-17-5-1-2-6-19(17)15-21)26-20-12-9-18(10-13-20)25-27-22-7-3-4-8-23(22)28-25/h1-15H,16H2,(H,26,29)(H,27,28). The minimum atomic E-state index is -0.0235. The molecule has 0 bridgehead atoms. The Bertz CT molecular complexity index is 1310. The number of carbonyl (C=O) groups is 1. The summed E-state index contributed by atoms with van der Waals surface area (Å²) >= 11 is 1.54. The molecular weight excluding hydrogens is 390 g/mol. The van der Waals surface area contributed by atoms with Crippen LogP contribution in [0.5, 0.6) is 0 Å². The molecule has 0 radical (unpaired) electrons. The fourth-order valence-corrected chi connectivity index (χ4v) is 4.15. The van der Waals surface area contributed by atoms with Crippen LogP contribution in [0.15, 0.2) is 95.9 Å². The lowest BCUT2D eigenvalue weighted by molar-refractivity contribution is -0.113. The number of H-pyrrole nitrogens is 1. The van der Waals surface area contributed by atoms with Crippen LogP contribution in [0.4, 0.5) is 5.69 Å². The monoisotopic (exact) mass is 409 g/mol. The summed E-state index contributed by atoms with van der Waals surface area (Å²) in [6.07, 6.45) is 0. The van der Waals surface area contributed by atoms with Gasteiger partial charge in [-0.15, -0.1) is 11.8 Å². The van der Waals surface area contributed by atoms with Gasteiger partial charge >= 0.3 is 0 Å². The first kappa shape index (κ1) is 18.5. The van der Waals surface area contributed by atoms with E-state index >= 15 is 0 Å². The Morgan fingerprint density at radius 3 is 2.47 bits per heavy atom. The zero-order valence-electron chi connectivity index (χ0n) is 16.1. The molecule has 5 aromatic rings. The van der Waals surface area contributed by atoms with Crippen LogP contribution in [0.2, 0.25) is 0 Å². The van der Waals surface area contributed by atoms with Crippen LogP contribution in [0.25, 0.3) is 33.2 Å². The highest BCUT2D eigenvalue weighted by Gasteiger charge is 2.07. The van der Waals surface area contributed by atoms with Gasteiger partial charge in [0, 0.05) is 16.1 Å². The van der Waals surface area contributed by atoms with Gasteiger partial charge in [-0.3, -0.25) is 4.79 Å². The minimum absolute atomic E-state index is 0.0235. The van der Waals surface area contributed by atoms with Crippen molar-refractivity contribution in [2.45, 2.75) is 4.90 Å². The average molecular weight is 410 g/mol. The van der Waals surface area contributed by atoms with E-state index in [1.165, 1.54) is 22.5 Å². The Labute approximate surface area is 178 Å². The second kappa shape index (κ2) is 8.05. The third-order valence-electron chi connectivity index (χ3n) is 4.92. The normalized spacial score (nSPS) is 11.1. The number of benzene rings is 4. The van der Waals surface area contributed by atoms with Crippen molar-refractivity contribution < 1.29 is 4.79 Å². The van der Waals surface area contributed by atoms with Crippen molar-refractivity contribution in [3.8, 4) is 11.4 Å². The van der Waals surface area contributed by atoms with Crippen LogP contribution in [0.3, 0.4) is 0 Å². The predicted molar refractivity (Wildman–Crippen MR) is 125 cm³/mol. The maximum atomic E-state index is 12.4. The van der Waals surface area contributed by atoms with Crippen LogP contribution in [-0.2, 0) is 4.79 Å². The molecule has 30 heavy (non-hydrogen) atoms. The predicted octanol–water partition coefficient (Wildman–Crippen LogP) is 6.11. The van der Waals surface area contributed by atoms with Gasteiger partial charge in [-0.05, 0) is 59.3 Å². The van der Waals surface area contributed by atoms with E-state index in [0.717, 1.165) is 33.0 Å². The van der Waals surface area contributed by atoms with Gasteiger partial charge in [-0.25, -0.2) is 4.98 Å². The third-order valence-corrected chi connectivity index (χ3v) is 5.92. The number of hydrogen-bond acceptors (Lipinski definition) is 3. The highest BCUT2D eigenvalue weighted by Crippen LogP contribution is 2.25. The Morgan fingerprint density at radius 1 is 0.867 bits per heavy atom. The van der Waals surface area contributed by atoms with Crippen molar-refractivity contribution in [1.82, 2.24) is 9.97 Å². The smallest absolute Gasteiger partial charge is 0.234 e. The van der Waals surface area contributed by atoms with Gasteiger partial charge in [0.05, 0.1) is 16.8 Å². The van der Waals surface area contributed by atoms with Crippen LogP contribution in [0, 0.1) is 0 Å².